The number of halogens is 1. The summed E-state index contributed by atoms with van der Waals surface area (Å²) >= 11 is 6.20. The molecule has 5 rings (SSSR count). The average molecular weight is 543 g/mol. The van der Waals surface area contributed by atoms with Crippen LogP contribution < -0.4 is 25.4 Å². The summed E-state index contributed by atoms with van der Waals surface area (Å²) < 4.78 is 34.9. The van der Waals surface area contributed by atoms with E-state index in [2.05, 4.69) is 20.7 Å². The van der Waals surface area contributed by atoms with E-state index in [-0.39, 0.29) is 28.8 Å². The van der Waals surface area contributed by atoms with Gasteiger partial charge in [-0.3, -0.25) is 0 Å². The Bertz CT molecular complexity index is 1390. The molecule has 2 aliphatic heterocycles. The van der Waals surface area contributed by atoms with Gasteiger partial charge in [0, 0.05) is 18.1 Å². The summed E-state index contributed by atoms with van der Waals surface area (Å²) in [6, 6.07) is 18.2. The highest BCUT2D eigenvalue weighted by atomic mass is 35.5. The Morgan fingerprint density at radius 1 is 0.919 bits per heavy atom. The first-order valence-corrected chi connectivity index (χ1v) is 13.8. The number of sulfonamides is 1. The number of phenols is 1. The normalized spacial score (nSPS) is 20.8. The van der Waals surface area contributed by atoms with Crippen LogP contribution in [0.25, 0.3) is 0 Å². The largest absolute Gasteiger partial charge is 0.504 e. The fourth-order valence-corrected chi connectivity index (χ4v) is 6.78. The van der Waals surface area contributed by atoms with Crippen LogP contribution in [-0.2, 0) is 10.0 Å². The quantitative estimate of drug-likeness (QED) is 0.266. The number of hydrogen-bond acceptors (Lipinski definition) is 6. The van der Waals surface area contributed by atoms with Gasteiger partial charge in [-0.1, -0.05) is 41.9 Å². The topological polar surface area (TPSA) is 129 Å². The zero-order chi connectivity index (χ0) is 26.0. The third kappa shape index (κ3) is 5.83. The molecule has 2 saturated heterocycles. The highest BCUT2D eigenvalue weighted by Gasteiger charge is 2.36. The second kappa shape index (κ2) is 10.6. The van der Waals surface area contributed by atoms with Gasteiger partial charge in [0.25, 0.3) is 0 Å². The zero-order valence-electron chi connectivity index (χ0n) is 19.8. The number of phenolic OH excluding ortho intramolecular Hbond substituents is 1. The molecular formula is C26H27ClN4O5S. The predicted octanol–water partition coefficient (Wildman–Crippen LogP) is 5.04. The Morgan fingerprint density at radius 2 is 1.57 bits per heavy atom. The van der Waals surface area contributed by atoms with E-state index in [1.807, 2.05) is 18.2 Å². The second-order valence-electron chi connectivity index (χ2n) is 9.19. The van der Waals surface area contributed by atoms with E-state index in [4.69, 9.17) is 16.3 Å². The van der Waals surface area contributed by atoms with Crippen molar-refractivity contribution in [3.8, 4) is 17.2 Å². The van der Waals surface area contributed by atoms with Gasteiger partial charge in [-0.25, -0.2) is 17.9 Å². The number of amides is 2. The summed E-state index contributed by atoms with van der Waals surface area (Å²) in [5.41, 5.74) is 0.279. The molecule has 2 atom stereocenters. The van der Waals surface area contributed by atoms with Crippen molar-refractivity contribution in [2.45, 2.75) is 48.7 Å². The summed E-state index contributed by atoms with van der Waals surface area (Å²) in [5, 5.41) is 19.3. The number of urea groups is 1. The lowest BCUT2D eigenvalue weighted by molar-refractivity contribution is 0.262. The Hall–Kier alpha value is -3.31. The van der Waals surface area contributed by atoms with E-state index in [1.54, 1.807) is 36.4 Å². The van der Waals surface area contributed by atoms with E-state index < -0.39 is 26.7 Å². The maximum atomic E-state index is 13.2. The molecule has 194 valence electrons. The molecular weight excluding hydrogens is 516 g/mol. The third-order valence-electron chi connectivity index (χ3n) is 6.50. The Morgan fingerprint density at radius 3 is 2.30 bits per heavy atom. The van der Waals surface area contributed by atoms with Gasteiger partial charge in [0.1, 0.15) is 10.6 Å². The van der Waals surface area contributed by atoms with Crippen molar-refractivity contribution in [1.29, 1.82) is 0 Å². The number of carbonyl (C=O) groups is 1. The first-order chi connectivity index (χ1) is 17.8. The molecule has 2 amide bonds. The number of aromatic hydroxyl groups is 1. The minimum absolute atomic E-state index is 0.103. The highest BCUT2D eigenvalue weighted by Crippen LogP contribution is 2.38. The van der Waals surface area contributed by atoms with Gasteiger partial charge in [-0.05, 0) is 62.1 Å². The van der Waals surface area contributed by atoms with Crippen molar-refractivity contribution in [2.24, 2.45) is 0 Å². The lowest BCUT2D eigenvalue weighted by Gasteiger charge is -2.29. The van der Waals surface area contributed by atoms with Crippen molar-refractivity contribution >= 4 is 39.0 Å². The fourth-order valence-electron chi connectivity index (χ4n) is 4.89. The molecule has 3 aromatic carbocycles. The van der Waals surface area contributed by atoms with Crippen LogP contribution in [0.5, 0.6) is 17.2 Å². The maximum Gasteiger partial charge on any atom is 0.323 e. The minimum atomic E-state index is -4.15. The van der Waals surface area contributed by atoms with E-state index in [0.717, 1.165) is 12.8 Å². The molecule has 0 spiro atoms. The molecule has 3 aromatic rings. The Labute approximate surface area is 220 Å². The number of rotatable bonds is 7. The van der Waals surface area contributed by atoms with Crippen molar-refractivity contribution in [1.82, 2.24) is 10.0 Å². The van der Waals surface area contributed by atoms with Crippen LogP contribution in [0.15, 0.2) is 71.6 Å². The van der Waals surface area contributed by atoms with Gasteiger partial charge in [0.15, 0.2) is 11.5 Å². The Balaban J connectivity index is 1.31. The fraction of sp³-hybridized carbons (Fsp3) is 0.269. The second-order valence-corrected chi connectivity index (χ2v) is 11.2. The first-order valence-electron chi connectivity index (χ1n) is 12.0. The average Bonchev–Trinajstić information content (AvgIpc) is 3.20. The van der Waals surface area contributed by atoms with Crippen LogP contribution in [0.3, 0.4) is 0 Å². The summed E-state index contributed by atoms with van der Waals surface area (Å²) in [7, 11) is -4.15. The molecule has 0 aliphatic carbocycles. The van der Waals surface area contributed by atoms with Crippen LogP contribution in [0.4, 0.5) is 16.2 Å². The lowest BCUT2D eigenvalue weighted by Crippen LogP contribution is -2.47. The zero-order valence-corrected chi connectivity index (χ0v) is 21.4. The Kier molecular flexibility index (Phi) is 7.25. The van der Waals surface area contributed by atoms with Crippen LogP contribution in [0.1, 0.15) is 25.7 Å². The smallest absolute Gasteiger partial charge is 0.323 e. The number of carbonyl (C=O) groups excluding carboxylic acids is 1. The molecule has 2 aliphatic rings. The molecule has 37 heavy (non-hydrogen) atoms. The third-order valence-corrected chi connectivity index (χ3v) is 8.52. The van der Waals surface area contributed by atoms with E-state index in [9.17, 15) is 18.3 Å². The number of hydrogen-bond donors (Lipinski definition) is 5. The standard InChI is InChI=1S/C26H27ClN4O5S/c27-20-12-13-22(24(32)25(20)37(34,35)31-18-14-16-10-11-17(15-18)28-16)30-26(33)29-21-8-4-5-9-23(21)36-19-6-2-1-3-7-19/h1-9,12-13,16-18,28,31-32H,10-11,14-15H2,(H2,29,30,33). The molecule has 0 aromatic heterocycles. The monoisotopic (exact) mass is 542 g/mol. The number of piperidine rings is 1. The number of ether oxygens (including phenoxy) is 1. The van der Waals surface area contributed by atoms with Gasteiger partial charge in [0.05, 0.1) is 16.4 Å². The van der Waals surface area contributed by atoms with Gasteiger partial charge < -0.3 is 25.8 Å². The molecule has 0 saturated carbocycles. The molecule has 0 radical (unpaired) electrons. The lowest BCUT2D eigenvalue weighted by atomic mass is 10.0. The van der Waals surface area contributed by atoms with Gasteiger partial charge in [-0.15, -0.1) is 0 Å². The van der Waals surface area contributed by atoms with E-state index in [1.165, 1.54) is 12.1 Å². The van der Waals surface area contributed by atoms with Crippen LogP contribution in [0, 0.1) is 0 Å². The van der Waals surface area contributed by atoms with Gasteiger partial charge in [-0.2, -0.15) is 0 Å². The van der Waals surface area contributed by atoms with Crippen molar-refractivity contribution in [2.75, 3.05) is 10.6 Å². The minimum Gasteiger partial charge on any atom is -0.504 e. The summed E-state index contributed by atoms with van der Waals surface area (Å²) in [5.74, 6) is 0.366. The number of fused-ring (bicyclic) bond motifs is 2. The van der Waals surface area contributed by atoms with Gasteiger partial charge in [0.2, 0.25) is 10.0 Å². The van der Waals surface area contributed by atoms with Crippen molar-refractivity contribution < 1.29 is 23.1 Å². The molecule has 2 bridgehead atoms. The summed E-state index contributed by atoms with van der Waals surface area (Å²) in [4.78, 5) is 12.3. The highest BCUT2D eigenvalue weighted by molar-refractivity contribution is 7.89. The van der Waals surface area contributed by atoms with E-state index in [0.29, 0.717) is 30.0 Å². The summed E-state index contributed by atoms with van der Waals surface area (Å²) in [6.07, 6.45) is 3.36. The number of benzene rings is 3. The molecule has 2 fully saturated rings. The number of anilines is 2. The first kappa shape index (κ1) is 25.3. The predicted molar refractivity (Wildman–Crippen MR) is 142 cm³/mol. The number of para-hydroxylation sites is 3. The van der Waals surface area contributed by atoms with Crippen LogP contribution >= 0.6 is 11.6 Å². The molecule has 11 heteroatoms. The van der Waals surface area contributed by atoms with Crippen LogP contribution in [0.2, 0.25) is 5.02 Å². The molecule has 2 heterocycles. The van der Waals surface area contributed by atoms with Crippen molar-refractivity contribution in [3.63, 3.8) is 0 Å². The molecule has 9 nitrogen and oxygen atoms in total. The van der Waals surface area contributed by atoms with Crippen LogP contribution in [-0.4, -0.2) is 37.7 Å². The summed E-state index contributed by atoms with van der Waals surface area (Å²) in [6.45, 7) is 0. The van der Waals surface area contributed by atoms with Gasteiger partial charge >= 0.3 is 6.03 Å². The number of nitrogens with one attached hydrogen (secondary N) is 4. The SMILES string of the molecule is O=C(Nc1ccccc1Oc1ccccc1)Nc1ccc(Cl)c(S(=O)(=O)NC2CC3CCC(C2)N3)c1O. The molecule has 5 N–H and O–H groups in total. The van der Waals surface area contributed by atoms with Crippen molar-refractivity contribution in [3.05, 3.63) is 71.8 Å². The molecule has 2 unspecified atom stereocenters. The maximum absolute atomic E-state index is 13.2. The van der Waals surface area contributed by atoms with E-state index >= 15 is 0 Å².